The maximum Gasteiger partial charge on any atom is 0.255 e. The lowest BCUT2D eigenvalue weighted by molar-refractivity contribution is 0.0952. The average Bonchev–Trinajstić information content (AvgIpc) is 2.88. The third-order valence-corrected chi connectivity index (χ3v) is 2.92. The van der Waals surface area contributed by atoms with E-state index in [0.29, 0.717) is 23.2 Å². The Bertz CT molecular complexity index is 520. The summed E-state index contributed by atoms with van der Waals surface area (Å²) >= 11 is 3.16. The summed E-state index contributed by atoms with van der Waals surface area (Å²) in [5.74, 6) is 0.657. The van der Waals surface area contributed by atoms with Crippen molar-refractivity contribution < 1.29 is 9.21 Å². The van der Waals surface area contributed by atoms with Crippen molar-refractivity contribution in [2.75, 3.05) is 6.54 Å². The maximum atomic E-state index is 11.7. The van der Waals surface area contributed by atoms with E-state index in [1.165, 1.54) is 6.26 Å². The van der Waals surface area contributed by atoms with Crippen LogP contribution in [0.5, 0.6) is 0 Å². The summed E-state index contributed by atoms with van der Waals surface area (Å²) in [4.78, 5) is 11.7. The number of rotatable bonds is 4. The molecule has 0 saturated carbocycles. The van der Waals surface area contributed by atoms with Gasteiger partial charge in [-0.25, -0.2) is 0 Å². The van der Waals surface area contributed by atoms with Crippen molar-refractivity contribution in [2.24, 2.45) is 7.05 Å². The molecule has 0 bridgehead atoms. The van der Waals surface area contributed by atoms with Crippen LogP contribution in [0.15, 0.2) is 27.7 Å². The first-order valence-electron chi connectivity index (χ1n) is 5.02. The van der Waals surface area contributed by atoms with Gasteiger partial charge < -0.3 is 14.3 Å². The lowest BCUT2D eigenvalue weighted by Crippen LogP contribution is -2.26. The summed E-state index contributed by atoms with van der Waals surface area (Å²) in [6.45, 7) is 0.503. The van der Waals surface area contributed by atoms with Gasteiger partial charge in [0.15, 0.2) is 4.67 Å². The van der Waals surface area contributed by atoms with Crippen molar-refractivity contribution in [1.29, 1.82) is 0 Å². The second kappa shape index (κ2) is 5.13. The molecule has 0 spiro atoms. The monoisotopic (exact) mass is 298 g/mol. The third kappa shape index (κ3) is 2.73. The van der Waals surface area contributed by atoms with Gasteiger partial charge in [0.05, 0.1) is 11.8 Å². The van der Waals surface area contributed by atoms with Crippen LogP contribution < -0.4 is 5.32 Å². The smallest absolute Gasteiger partial charge is 0.255 e. The van der Waals surface area contributed by atoms with Gasteiger partial charge in [-0.05, 0) is 22.0 Å². The van der Waals surface area contributed by atoms with E-state index in [1.807, 2.05) is 11.6 Å². The zero-order valence-corrected chi connectivity index (χ0v) is 10.8. The van der Waals surface area contributed by atoms with Crippen molar-refractivity contribution in [3.05, 3.63) is 34.7 Å². The number of nitrogens with zero attached hydrogens (tertiary/aromatic N) is 3. The van der Waals surface area contributed by atoms with Gasteiger partial charge in [0.1, 0.15) is 12.2 Å². The quantitative estimate of drug-likeness (QED) is 0.919. The molecule has 2 aromatic rings. The lowest BCUT2D eigenvalue weighted by Gasteiger charge is -2.03. The molecule has 0 atom stereocenters. The largest absolute Gasteiger partial charge is 0.457 e. The number of halogens is 1. The van der Waals surface area contributed by atoms with Gasteiger partial charge in [-0.15, -0.1) is 10.2 Å². The number of carbonyl (C=O) groups excluding carboxylic acids is 1. The molecular weight excluding hydrogens is 288 g/mol. The van der Waals surface area contributed by atoms with Crippen LogP contribution in [-0.4, -0.2) is 27.2 Å². The average molecular weight is 299 g/mol. The van der Waals surface area contributed by atoms with E-state index in [1.54, 1.807) is 12.4 Å². The molecule has 90 valence electrons. The fraction of sp³-hybridized carbons (Fsp3) is 0.300. The van der Waals surface area contributed by atoms with Crippen LogP contribution in [0.3, 0.4) is 0 Å². The summed E-state index contributed by atoms with van der Waals surface area (Å²) in [5.41, 5.74) is 0.489. The normalized spacial score (nSPS) is 10.5. The fourth-order valence-corrected chi connectivity index (χ4v) is 1.79. The molecule has 0 saturated heterocycles. The molecule has 0 aliphatic rings. The van der Waals surface area contributed by atoms with Crippen molar-refractivity contribution >= 4 is 21.8 Å². The highest BCUT2D eigenvalue weighted by Crippen LogP contribution is 2.16. The van der Waals surface area contributed by atoms with E-state index in [9.17, 15) is 4.79 Å². The summed E-state index contributed by atoms with van der Waals surface area (Å²) in [5, 5.41) is 10.5. The molecule has 17 heavy (non-hydrogen) atoms. The Labute approximate surface area is 106 Å². The number of furan rings is 1. The number of nitrogens with one attached hydrogen (secondary N) is 1. The van der Waals surface area contributed by atoms with E-state index in [0.717, 1.165) is 5.82 Å². The van der Waals surface area contributed by atoms with Gasteiger partial charge in [0.2, 0.25) is 0 Å². The molecule has 6 nitrogen and oxygen atoms in total. The Balaban J connectivity index is 1.86. The number of hydrogen-bond donors (Lipinski definition) is 1. The van der Waals surface area contributed by atoms with Crippen LogP contribution in [0, 0.1) is 0 Å². The molecule has 0 fully saturated rings. The molecule has 0 unspecified atom stereocenters. The Hall–Kier alpha value is -1.63. The molecule has 1 amide bonds. The van der Waals surface area contributed by atoms with Gasteiger partial charge in [-0.2, -0.15) is 0 Å². The third-order valence-electron chi connectivity index (χ3n) is 2.30. The lowest BCUT2D eigenvalue weighted by atomic mass is 10.3. The van der Waals surface area contributed by atoms with Crippen LogP contribution in [0.2, 0.25) is 0 Å². The van der Waals surface area contributed by atoms with E-state index >= 15 is 0 Å². The molecule has 0 aliphatic carbocycles. The molecule has 0 radical (unpaired) electrons. The first kappa shape index (κ1) is 11.8. The van der Waals surface area contributed by atoms with Crippen molar-refractivity contribution in [1.82, 2.24) is 20.1 Å². The second-order valence-electron chi connectivity index (χ2n) is 3.47. The van der Waals surface area contributed by atoms with Gasteiger partial charge in [-0.1, -0.05) is 0 Å². The highest BCUT2D eigenvalue weighted by atomic mass is 79.9. The molecule has 2 heterocycles. The maximum absolute atomic E-state index is 11.7. The Morgan fingerprint density at radius 2 is 2.47 bits per heavy atom. The zero-order valence-electron chi connectivity index (χ0n) is 9.18. The van der Waals surface area contributed by atoms with Crippen molar-refractivity contribution in [3.63, 3.8) is 0 Å². The summed E-state index contributed by atoms with van der Waals surface area (Å²) in [7, 11) is 1.86. The Kier molecular flexibility index (Phi) is 3.58. The van der Waals surface area contributed by atoms with Gasteiger partial charge >= 0.3 is 0 Å². The highest BCUT2D eigenvalue weighted by molar-refractivity contribution is 9.10. The van der Waals surface area contributed by atoms with Gasteiger partial charge in [0.25, 0.3) is 5.91 Å². The van der Waals surface area contributed by atoms with E-state index in [2.05, 4.69) is 31.4 Å². The van der Waals surface area contributed by atoms with Crippen LogP contribution in [0.1, 0.15) is 16.2 Å². The number of amides is 1. The van der Waals surface area contributed by atoms with Crippen molar-refractivity contribution in [3.8, 4) is 0 Å². The molecular formula is C10H11BrN4O2. The van der Waals surface area contributed by atoms with E-state index < -0.39 is 0 Å². The second-order valence-corrected chi connectivity index (χ2v) is 4.19. The first-order valence-corrected chi connectivity index (χ1v) is 5.82. The highest BCUT2D eigenvalue weighted by Gasteiger charge is 2.12. The summed E-state index contributed by atoms with van der Waals surface area (Å²) in [6.07, 6.45) is 3.73. The van der Waals surface area contributed by atoms with Crippen LogP contribution in [0.4, 0.5) is 0 Å². The first-order chi connectivity index (χ1) is 8.18. The summed E-state index contributed by atoms with van der Waals surface area (Å²) in [6, 6.07) is 1.61. The molecule has 7 heteroatoms. The SMILES string of the molecule is Cn1cnnc1CCNC(=O)c1ccoc1Br. The number of aryl methyl sites for hydroxylation is 1. The van der Waals surface area contributed by atoms with Gasteiger partial charge in [0, 0.05) is 20.0 Å². The molecule has 2 rings (SSSR count). The van der Waals surface area contributed by atoms with Crippen LogP contribution >= 0.6 is 15.9 Å². The topological polar surface area (TPSA) is 73.0 Å². The minimum atomic E-state index is -0.173. The standard InChI is InChI=1S/C10H11BrN4O2/c1-15-6-13-14-8(15)2-4-12-10(16)7-3-5-17-9(7)11/h3,5-6H,2,4H2,1H3,(H,12,16). The minimum Gasteiger partial charge on any atom is -0.457 e. The molecule has 2 aromatic heterocycles. The number of hydrogen-bond acceptors (Lipinski definition) is 4. The van der Waals surface area contributed by atoms with E-state index in [4.69, 9.17) is 4.42 Å². The Morgan fingerprint density at radius 3 is 3.06 bits per heavy atom. The predicted molar refractivity (Wildman–Crippen MR) is 63.4 cm³/mol. The summed E-state index contributed by atoms with van der Waals surface area (Å²) < 4.78 is 7.24. The fourth-order valence-electron chi connectivity index (χ4n) is 1.37. The van der Waals surface area contributed by atoms with Crippen molar-refractivity contribution in [2.45, 2.75) is 6.42 Å². The van der Waals surface area contributed by atoms with E-state index in [-0.39, 0.29) is 5.91 Å². The molecule has 0 aromatic carbocycles. The zero-order chi connectivity index (χ0) is 12.3. The molecule has 0 aliphatic heterocycles. The number of aromatic nitrogens is 3. The minimum absolute atomic E-state index is 0.173. The van der Waals surface area contributed by atoms with Gasteiger partial charge in [-0.3, -0.25) is 4.79 Å². The Morgan fingerprint density at radius 1 is 1.65 bits per heavy atom. The van der Waals surface area contributed by atoms with Crippen LogP contribution in [-0.2, 0) is 13.5 Å². The molecule has 1 N–H and O–H groups in total. The van der Waals surface area contributed by atoms with Crippen LogP contribution in [0.25, 0.3) is 0 Å². The number of carbonyl (C=O) groups is 1. The predicted octanol–water partition coefficient (Wildman–Crippen LogP) is 1.14.